The van der Waals surface area contributed by atoms with E-state index in [2.05, 4.69) is 0 Å². The molecule has 0 atom stereocenters. The number of nitro groups is 1. The van der Waals surface area contributed by atoms with Crippen LogP contribution in [0.15, 0.2) is 18.2 Å². The molecule has 0 aliphatic carbocycles. The lowest BCUT2D eigenvalue weighted by molar-refractivity contribution is -0.385. The van der Waals surface area contributed by atoms with Gasteiger partial charge in [-0.15, -0.1) is 0 Å². The van der Waals surface area contributed by atoms with Crippen molar-refractivity contribution in [3.63, 3.8) is 0 Å². The van der Waals surface area contributed by atoms with Crippen molar-refractivity contribution in [2.24, 2.45) is 0 Å². The Bertz CT molecular complexity index is 535. The second-order valence-electron chi connectivity index (χ2n) is 3.21. The van der Waals surface area contributed by atoms with Gasteiger partial charge in [-0.1, -0.05) is 0 Å². The molecule has 1 N–H and O–H groups in total. The van der Waals surface area contributed by atoms with Gasteiger partial charge in [-0.25, -0.2) is 4.79 Å². The third kappa shape index (κ3) is 2.91. The Hall–Kier alpha value is -2.70. The van der Waals surface area contributed by atoms with Gasteiger partial charge in [-0.05, 0) is 12.1 Å². The molecule has 0 saturated carbocycles. The minimum absolute atomic E-state index is 0.0625. The van der Waals surface area contributed by atoms with E-state index in [0.717, 1.165) is 18.2 Å². The van der Waals surface area contributed by atoms with Crippen molar-refractivity contribution >= 4 is 24.0 Å². The number of aliphatic carboxylic acids is 1. The van der Waals surface area contributed by atoms with Crippen molar-refractivity contribution < 1.29 is 24.4 Å². The van der Waals surface area contributed by atoms with E-state index in [1.54, 1.807) is 0 Å². The first-order valence-corrected chi connectivity index (χ1v) is 4.72. The molecule has 18 heavy (non-hydrogen) atoms. The fourth-order valence-corrected chi connectivity index (χ4v) is 1.37. The molecule has 0 aromatic heterocycles. The summed E-state index contributed by atoms with van der Waals surface area (Å²) in [7, 11) is 1.22. The average molecular weight is 251 g/mol. The molecule has 0 bridgehead atoms. The lowest BCUT2D eigenvalue weighted by Gasteiger charge is -2.06. The molecule has 7 nitrogen and oxygen atoms in total. The summed E-state index contributed by atoms with van der Waals surface area (Å²) in [5, 5.41) is 19.3. The average Bonchev–Trinajstić information content (AvgIpc) is 2.34. The molecule has 0 fully saturated rings. The first kappa shape index (κ1) is 13.4. The maximum atomic E-state index is 10.8. The normalized spacial score (nSPS) is 10.3. The lowest BCUT2D eigenvalue weighted by Crippen LogP contribution is -1.98. The van der Waals surface area contributed by atoms with Crippen molar-refractivity contribution in [3.8, 4) is 5.75 Å². The van der Waals surface area contributed by atoms with Crippen LogP contribution in [0.5, 0.6) is 5.75 Å². The second kappa shape index (κ2) is 5.58. The molecule has 1 aromatic rings. The van der Waals surface area contributed by atoms with E-state index in [9.17, 15) is 19.7 Å². The number of carbonyl (C=O) groups excluding carboxylic acids is 1. The van der Waals surface area contributed by atoms with Gasteiger partial charge < -0.3 is 9.84 Å². The van der Waals surface area contributed by atoms with Crippen molar-refractivity contribution in [1.82, 2.24) is 0 Å². The third-order valence-electron chi connectivity index (χ3n) is 2.06. The van der Waals surface area contributed by atoms with Crippen LogP contribution in [0, 0.1) is 10.1 Å². The number of nitro benzene ring substituents is 1. The first-order valence-electron chi connectivity index (χ1n) is 4.72. The molecule has 0 radical (unpaired) electrons. The van der Waals surface area contributed by atoms with Crippen LogP contribution in [0.1, 0.15) is 15.9 Å². The Morgan fingerprint density at radius 3 is 2.61 bits per heavy atom. The molecule has 1 aromatic carbocycles. The van der Waals surface area contributed by atoms with E-state index >= 15 is 0 Å². The highest BCUT2D eigenvalue weighted by molar-refractivity contribution is 5.88. The Morgan fingerprint density at radius 2 is 2.17 bits per heavy atom. The van der Waals surface area contributed by atoms with Gasteiger partial charge in [-0.3, -0.25) is 14.9 Å². The highest BCUT2D eigenvalue weighted by Crippen LogP contribution is 2.32. The van der Waals surface area contributed by atoms with Crippen LogP contribution in [-0.2, 0) is 4.79 Å². The van der Waals surface area contributed by atoms with Gasteiger partial charge in [0.25, 0.3) is 0 Å². The smallest absolute Gasteiger partial charge is 0.328 e. The summed E-state index contributed by atoms with van der Waals surface area (Å²) < 4.78 is 4.87. The topological polar surface area (TPSA) is 107 Å². The number of hydrogen-bond donors (Lipinski definition) is 1. The van der Waals surface area contributed by atoms with Crippen LogP contribution in [0.4, 0.5) is 5.69 Å². The second-order valence-corrected chi connectivity index (χ2v) is 3.21. The van der Waals surface area contributed by atoms with Crippen LogP contribution in [0.3, 0.4) is 0 Å². The molecule has 0 aliphatic heterocycles. The van der Waals surface area contributed by atoms with E-state index in [1.165, 1.54) is 13.2 Å². The van der Waals surface area contributed by atoms with Crippen LogP contribution < -0.4 is 4.74 Å². The number of methoxy groups -OCH3 is 1. The maximum Gasteiger partial charge on any atom is 0.328 e. The number of carbonyl (C=O) groups is 2. The molecule has 0 aliphatic rings. The van der Waals surface area contributed by atoms with Crippen molar-refractivity contribution in [3.05, 3.63) is 39.4 Å². The van der Waals surface area contributed by atoms with Gasteiger partial charge >= 0.3 is 11.7 Å². The number of rotatable bonds is 5. The number of benzene rings is 1. The summed E-state index contributed by atoms with van der Waals surface area (Å²) in [4.78, 5) is 31.2. The Labute approximate surface area is 101 Å². The van der Waals surface area contributed by atoms with Gasteiger partial charge in [0.05, 0.1) is 12.0 Å². The zero-order valence-electron chi connectivity index (χ0n) is 9.32. The quantitative estimate of drug-likeness (QED) is 0.368. The predicted molar refractivity (Wildman–Crippen MR) is 61.7 cm³/mol. The summed E-state index contributed by atoms with van der Waals surface area (Å²) >= 11 is 0. The van der Waals surface area contributed by atoms with Crippen LogP contribution in [0.2, 0.25) is 0 Å². The Morgan fingerprint density at radius 1 is 1.50 bits per heavy atom. The van der Waals surface area contributed by atoms with Crippen LogP contribution in [0.25, 0.3) is 6.08 Å². The molecule has 0 heterocycles. The van der Waals surface area contributed by atoms with Gasteiger partial charge in [0.2, 0.25) is 5.75 Å². The molecule has 0 spiro atoms. The molecule has 1 rings (SSSR count). The highest BCUT2D eigenvalue weighted by atomic mass is 16.6. The molecule has 94 valence electrons. The van der Waals surface area contributed by atoms with E-state index in [0.29, 0.717) is 6.29 Å². The SMILES string of the molecule is COc1c(/C=C/C(=O)O)cc(C=O)cc1[N+](=O)[O-]. The van der Waals surface area contributed by atoms with Gasteiger partial charge in [0, 0.05) is 23.3 Å². The fourth-order valence-electron chi connectivity index (χ4n) is 1.37. The van der Waals surface area contributed by atoms with Crippen molar-refractivity contribution in [2.45, 2.75) is 0 Å². The highest BCUT2D eigenvalue weighted by Gasteiger charge is 2.19. The maximum absolute atomic E-state index is 10.8. The van der Waals surface area contributed by atoms with E-state index < -0.39 is 16.6 Å². The van der Waals surface area contributed by atoms with Gasteiger partial charge in [0.15, 0.2) is 0 Å². The summed E-state index contributed by atoms with van der Waals surface area (Å²) in [5.74, 6) is -1.31. The van der Waals surface area contributed by atoms with Gasteiger partial charge in [0.1, 0.15) is 6.29 Å². The zero-order valence-corrected chi connectivity index (χ0v) is 9.32. The van der Waals surface area contributed by atoms with Crippen molar-refractivity contribution in [1.29, 1.82) is 0 Å². The standard InChI is InChI=1S/C11H9NO6/c1-18-11-8(2-3-10(14)15)4-7(6-13)5-9(11)12(16)17/h2-6H,1H3,(H,14,15)/b3-2+. The Balaban J connectivity index is 3.46. The largest absolute Gasteiger partial charge is 0.490 e. The summed E-state index contributed by atoms with van der Waals surface area (Å²) in [5.41, 5.74) is -0.184. The minimum atomic E-state index is -1.21. The number of ether oxygens (including phenoxy) is 1. The van der Waals surface area contributed by atoms with E-state index in [1.807, 2.05) is 0 Å². The summed E-state index contributed by atoms with van der Waals surface area (Å²) in [6.07, 6.45) is 2.36. The van der Waals surface area contributed by atoms with Crippen LogP contribution in [-0.4, -0.2) is 29.4 Å². The molecular weight excluding hydrogens is 242 g/mol. The zero-order chi connectivity index (χ0) is 13.7. The summed E-state index contributed by atoms with van der Waals surface area (Å²) in [6.45, 7) is 0. The number of carboxylic acids is 1. The number of aldehydes is 1. The van der Waals surface area contributed by atoms with Crippen LogP contribution >= 0.6 is 0 Å². The predicted octanol–water partition coefficient (Wildman–Crippen LogP) is 1.51. The van der Waals surface area contributed by atoms with E-state index in [4.69, 9.17) is 9.84 Å². The minimum Gasteiger partial charge on any atom is -0.490 e. The number of hydrogen-bond acceptors (Lipinski definition) is 5. The molecule has 0 unspecified atom stereocenters. The molecule has 0 saturated heterocycles. The van der Waals surface area contributed by atoms with Crippen molar-refractivity contribution in [2.75, 3.05) is 7.11 Å². The number of carboxylic acid groups (broad SMARTS) is 1. The third-order valence-corrected chi connectivity index (χ3v) is 2.06. The molecule has 0 amide bonds. The number of nitrogens with zero attached hydrogens (tertiary/aromatic N) is 1. The Kier molecular flexibility index (Phi) is 4.14. The summed E-state index contributed by atoms with van der Waals surface area (Å²) in [6, 6.07) is 2.36. The first-order chi connectivity index (χ1) is 8.49. The molecular formula is C11H9NO6. The van der Waals surface area contributed by atoms with Gasteiger partial charge in [-0.2, -0.15) is 0 Å². The lowest BCUT2D eigenvalue weighted by atomic mass is 10.1. The van der Waals surface area contributed by atoms with E-state index in [-0.39, 0.29) is 16.9 Å². The molecule has 7 heteroatoms. The monoisotopic (exact) mass is 251 g/mol. The fraction of sp³-hybridized carbons (Fsp3) is 0.0909.